The lowest BCUT2D eigenvalue weighted by atomic mass is 9.85. The van der Waals surface area contributed by atoms with Gasteiger partial charge in [-0.05, 0) is 37.6 Å². The fraction of sp³-hybridized carbons (Fsp3) is 1.00. The smallest absolute Gasteiger partial charge is 0.0726 e. The van der Waals surface area contributed by atoms with E-state index >= 15 is 0 Å². The van der Waals surface area contributed by atoms with Gasteiger partial charge in [0, 0.05) is 6.54 Å². The molecule has 0 saturated heterocycles. The van der Waals surface area contributed by atoms with Crippen molar-refractivity contribution in [3.63, 3.8) is 0 Å². The summed E-state index contributed by atoms with van der Waals surface area (Å²) in [7, 11) is 0. The van der Waals surface area contributed by atoms with Crippen molar-refractivity contribution in [2.24, 2.45) is 11.8 Å². The molecule has 1 N–H and O–H groups in total. The summed E-state index contributed by atoms with van der Waals surface area (Å²) in [4.78, 5) is 0. The second-order valence-electron chi connectivity index (χ2n) is 6.19. The van der Waals surface area contributed by atoms with Gasteiger partial charge >= 0.3 is 0 Å². The first-order valence-corrected chi connectivity index (χ1v) is 8.03. The lowest BCUT2D eigenvalue weighted by Crippen LogP contribution is -2.37. The second kappa shape index (κ2) is 8.92. The molecule has 0 amide bonds. The van der Waals surface area contributed by atoms with E-state index in [2.05, 4.69) is 33.0 Å². The molecular weight excluding hydrogens is 222 g/mol. The summed E-state index contributed by atoms with van der Waals surface area (Å²) in [5, 5.41) is 3.51. The summed E-state index contributed by atoms with van der Waals surface area (Å²) < 4.78 is 6.37. The highest BCUT2D eigenvalue weighted by molar-refractivity contribution is 4.76. The van der Waals surface area contributed by atoms with Crippen LogP contribution in [-0.2, 0) is 4.74 Å². The summed E-state index contributed by atoms with van der Waals surface area (Å²) in [6, 6.07) is 0. The van der Waals surface area contributed by atoms with Crippen LogP contribution < -0.4 is 5.32 Å². The van der Waals surface area contributed by atoms with Gasteiger partial charge in [-0.1, -0.05) is 47.0 Å². The van der Waals surface area contributed by atoms with E-state index in [-0.39, 0.29) is 0 Å². The first-order chi connectivity index (χ1) is 8.67. The minimum Gasteiger partial charge on any atom is -0.373 e. The lowest BCUT2D eigenvalue weighted by Gasteiger charge is -2.33. The monoisotopic (exact) mass is 255 g/mol. The Hall–Kier alpha value is -0.0800. The molecule has 1 rings (SSSR count). The summed E-state index contributed by atoms with van der Waals surface area (Å²) in [6.07, 6.45) is 8.75. The van der Waals surface area contributed by atoms with Crippen LogP contribution in [0.5, 0.6) is 0 Å². The zero-order chi connectivity index (χ0) is 13.4. The third-order valence-electron chi connectivity index (χ3n) is 4.20. The molecule has 0 aromatic heterocycles. The number of hydrogen-bond acceptors (Lipinski definition) is 2. The average Bonchev–Trinajstić information content (AvgIpc) is 2.38. The second-order valence-corrected chi connectivity index (χ2v) is 6.19. The first kappa shape index (κ1) is 16.0. The Labute approximate surface area is 114 Å². The van der Waals surface area contributed by atoms with Gasteiger partial charge in [0.2, 0.25) is 0 Å². The van der Waals surface area contributed by atoms with Gasteiger partial charge in [-0.3, -0.25) is 0 Å². The molecule has 1 aliphatic rings. The highest BCUT2D eigenvalue weighted by Crippen LogP contribution is 2.29. The van der Waals surface area contributed by atoms with Crippen molar-refractivity contribution < 1.29 is 4.74 Å². The van der Waals surface area contributed by atoms with Crippen LogP contribution in [0.25, 0.3) is 0 Å². The Morgan fingerprint density at radius 1 is 1.22 bits per heavy atom. The fourth-order valence-electron chi connectivity index (χ4n) is 2.85. The van der Waals surface area contributed by atoms with Gasteiger partial charge in [-0.2, -0.15) is 0 Å². The van der Waals surface area contributed by atoms with Crippen molar-refractivity contribution in [2.75, 3.05) is 13.1 Å². The Morgan fingerprint density at radius 2 is 2.00 bits per heavy atom. The molecule has 0 aliphatic heterocycles. The van der Waals surface area contributed by atoms with E-state index in [0.29, 0.717) is 18.1 Å². The quantitative estimate of drug-likeness (QED) is 0.662. The molecule has 18 heavy (non-hydrogen) atoms. The standard InChI is InChI=1S/C16H33NO/c1-5-10-17-12-16(13(3)4)18-15-9-7-8-14(6-2)11-15/h13-17H,5-12H2,1-4H3. The van der Waals surface area contributed by atoms with E-state index in [1.807, 2.05) is 0 Å². The molecule has 2 heteroatoms. The molecule has 2 nitrogen and oxygen atoms in total. The predicted molar refractivity (Wildman–Crippen MR) is 78.9 cm³/mol. The molecule has 3 unspecified atom stereocenters. The minimum atomic E-state index is 0.386. The van der Waals surface area contributed by atoms with Crippen molar-refractivity contribution in [3.8, 4) is 0 Å². The van der Waals surface area contributed by atoms with Crippen LogP contribution in [0.4, 0.5) is 0 Å². The van der Waals surface area contributed by atoms with E-state index < -0.39 is 0 Å². The molecular formula is C16H33NO. The lowest BCUT2D eigenvalue weighted by molar-refractivity contribution is -0.0586. The molecule has 3 atom stereocenters. The van der Waals surface area contributed by atoms with Crippen LogP contribution in [0.15, 0.2) is 0 Å². The van der Waals surface area contributed by atoms with Gasteiger partial charge in [0.15, 0.2) is 0 Å². The van der Waals surface area contributed by atoms with Crippen LogP contribution in [0.3, 0.4) is 0 Å². The predicted octanol–water partition coefficient (Wildman–Crippen LogP) is 4.00. The van der Waals surface area contributed by atoms with Crippen LogP contribution >= 0.6 is 0 Å². The van der Waals surface area contributed by atoms with Crippen LogP contribution in [0, 0.1) is 11.8 Å². The molecule has 108 valence electrons. The first-order valence-electron chi connectivity index (χ1n) is 8.03. The molecule has 1 fully saturated rings. The molecule has 0 bridgehead atoms. The Kier molecular flexibility index (Phi) is 7.92. The van der Waals surface area contributed by atoms with E-state index in [4.69, 9.17) is 4.74 Å². The van der Waals surface area contributed by atoms with E-state index in [0.717, 1.165) is 19.0 Å². The summed E-state index contributed by atoms with van der Waals surface area (Å²) >= 11 is 0. The van der Waals surface area contributed by atoms with Crippen molar-refractivity contribution >= 4 is 0 Å². The van der Waals surface area contributed by atoms with E-state index in [1.165, 1.54) is 38.5 Å². The Balaban J connectivity index is 2.34. The van der Waals surface area contributed by atoms with E-state index in [1.54, 1.807) is 0 Å². The number of rotatable bonds is 8. The molecule has 0 heterocycles. The minimum absolute atomic E-state index is 0.386. The summed E-state index contributed by atoms with van der Waals surface area (Å²) in [5.41, 5.74) is 0. The van der Waals surface area contributed by atoms with Crippen LogP contribution in [0.1, 0.15) is 66.2 Å². The van der Waals surface area contributed by atoms with Crippen molar-refractivity contribution in [2.45, 2.75) is 78.4 Å². The highest BCUT2D eigenvalue weighted by atomic mass is 16.5. The number of hydrogen-bond donors (Lipinski definition) is 1. The highest BCUT2D eigenvalue weighted by Gasteiger charge is 2.25. The zero-order valence-electron chi connectivity index (χ0n) is 12.9. The molecule has 0 spiro atoms. The summed E-state index contributed by atoms with van der Waals surface area (Å²) in [6.45, 7) is 11.2. The SMILES string of the molecule is CCCNCC(OC1CCCC(CC)C1)C(C)C. The van der Waals surface area contributed by atoms with Gasteiger partial charge in [0.1, 0.15) is 0 Å². The maximum absolute atomic E-state index is 6.37. The van der Waals surface area contributed by atoms with Crippen LogP contribution in [0.2, 0.25) is 0 Å². The Morgan fingerprint density at radius 3 is 2.61 bits per heavy atom. The van der Waals surface area contributed by atoms with Crippen molar-refractivity contribution in [1.29, 1.82) is 0 Å². The topological polar surface area (TPSA) is 21.3 Å². The molecule has 1 saturated carbocycles. The normalized spacial score (nSPS) is 26.5. The molecule has 0 radical (unpaired) electrons. The third-order valence-corrected chi connectivity index (χ3v) is 4.20. The maximum atomic E-state index is 6.37. The van der Waals surface area contributed by atoms with E-state index in [9.17, 15) is 0 Å². The number of ether oxygens (including phenoxy) is 1. The van der Waals surface area contributed by atoms with Crippen molar-refractivity contribution in [1.82, 2.24) is 5.32 Å². The van der Waals surface area contributed by atoms with Gasteiger partial charge in [-0.25, -0.2) is 0 Å². The third kappa shape index (κ3) is 5.71. The van der Waals surface area contributed by atoms with Gasteiger partial charge < -0.3 is 10.1 Å². The largest absolute Gasteiger partial charge is 0.373 e. The molecule has 0 aromatic carbocycles. The van der Waals surface area contributed by atoms with Gasteiger partial charge in [-0.15, -0.1) is 0 Å². The maximum Gasteiger partial charge on any atom is 0.0726 e. The van der Waals surface area contributed by atoms with Crippen molar-refractivity contribution in [3.05, 3.63) is 0 Å². The average molecular weight is 255 g/mol. The molecule has 0 aromatic rings. The van der Waals surface area contributed by atoms with Gasteiger partial charge in [0.05, 0.1) is 12.2 Å². The van der Waals surface area contributed by atoms with Gasteiger partial charge in [0.25, 0.3) is 0 Å². The molecule has 1 aliphatic carbocycles. The fourth-order valence-corrected chi connectivity index (χ4v) is 2.85. The Bertz CT molecular complexity index is 205. The summed E-state index contributed by atoms with van der Waals surface area (Å²) in [5.74, 6) is 1.51. The van der Waals surface area contributed by atoms with Crippen LogP contribution in [-0.4, -0.2) is 25.3 Å². The zero-order valence-corrected chi connectivity index (χ0v) is 12.9. The number of nitrogens with one attached hydrogen (secondary N) is 1.